The molecule has 3 nitrogen and oxygen atoms in total. The number of allylic oxidation sites excluding steroid dienone is 1. The lowest BCUT2D eigenvalue weighted by Crippen LogP contribution is -2.52. The summed E-state index contributed by atoms with van der Waals surface area (Å²) in [7, 11) is 0. The Balaban J connectivity index is 1.10. The molecule has 3 saturated carbocycles. The molecule has 0 N–H and O–H groups in total. The summed E-state index contributed by atoms with van der Waals surface area (Å²) in [5, 5.41) is 0. The van der Waals surface area contributed by atoms with Crippen molar-refractivity contribution in [1.82, 2.24) is 4.90 Å². The molecule has 0 aromatic carbocycles. The molecule has 7 aliphatic rings. The summed E-state index contributed by atoms with van der Waals surface area (Å²) in [6.45, 7) is 16.0. The maximum Gasteiger partial charge on any atom is 0.310 e. The second-order valence-corrected chi connectivity index (χ2v) is 15.8. The van der Waals surface area contributed by atoms with E-state index in [0.29, 0.717) is 16.7 Å². The molecule has 0 aromatic heterocycles. The van der Waals surface area contributed by atoms with Crippen molar-refractivity contribution in [2.75, 3.05) is 19.6 Å². The van der Waals surface area contributed by atoms with Crippen molar-refractivity contribution in [2.45, 2.75) is 124 Å². The summed E-state index contributed by atoms with van der Waals surface area (Å²) in [5.41, 5.74) is 2.54. The van der Waals surface area contributed by atoms with Gasteiger partial charge in [0.15, 0.2) is 0 Å². The topological polar surface area (TPSA) is 29.5 Å². The third kappa shape index (κ3) is 4.73. The van der Waals surface area contributed by atoms with Crippen molar-refractivity contribution in [1.29, 1.82) is 0 Å². The molecule has 3 heteroatoms. The van der Waals surface area contributed by atoms with Crippen LogP contribution in [0.25, 0.3) is 0 Å². The number of carbonyl (C=O) groups excluding carboxylic acids is 1. The highest BCUT2D eigenvalue weighted by Gasteiger charge is 2.59. The third-order valence-electron chi connectivity index (χ3n) is 13.5. The Labute approximate surface area is 233 Å². The summed E-state index contributed by atoms with van der Waals surface area (Å²) < 4.78 is 6.28. The van der Waals surface area contributed by atoms with E-state index in [4.69, 9.17) is 4.74 Å². The minimum atomic E-state index is 0.116. The lowest BCUT2D eigenvalue weighted by atomic mass is 9.47. The van der Waals surface area contributed by atoms with Crippen LogP contribution >= 0.6 is 0 Å². The molecule has 3 saturated heterocycles. The molecule has 2 unspecified atom stereocenters. The number of hydrogen-bond acceptors (Lipinski definition) is 3. The molecule has 3 aliphatic heterocycles. The van der Waals surface area contributed by atoms with Gasteiger partial charge in [0.1, 0.15) is 6.10 Å². The zero-order valence-corrected chi connectivity index (χ0v) is 25.4. The predicted molar refractivity (Wildman–Crippen MR) is 156 cm³/mol. The number of piperidine rings is 3. The van der Waals surface area contributed by atoms with Crippen LogP contribution in [-0.4, -0.2) is 36.6 Å². The minimum Gasteiger partial charge on any atom is -0.462 e. The molecule has 9 atom stereocenters. The van der Waals surface area contributed by atoms with Gasteiger partial charge in [0, 0.05) is 13.0 Å². The first kappa shape index (κ1) is 27.3. The van der Waals surface area contributed by atoms with E-state index >= 15 is 0 Å². The van der Waals surface area contributed by atoms with Crippen molar-refractivity contribution in [3.8, 4) is 0 Å². The average Bonchev–Trinajstić information content (AvgIpc) is 3.26. The van der Waals surface area contributed by atoms with Gasteiger partial charge in [-0.15, -0.1) is 0 Å². The van der Waals surface area contributed by atoms with E-state index in [2.05, 4.69) is 45.6 Å². The highest BCUT2D eigenvalue weighted by Crippen LogP contribution is 2.67. The molecular weight excluding hydrogens is 466 g/mol. The van der Waals surface area contributed by atoms with Crippen molar-refractivity contribution >= 4 is 5.97 Å². The Bertz CT molecular complexity index is 902. The molecule has 4 aliphatic carbocycles. The zero-order valence-electron chi connectivity index (χ0n) is 25.4. The Hall–Kier alpha value is -0.830. The molecule has 7 rings (SSSR count). The van der Waals surface area contributed by atoms with Crippen LogP contribution in [0.15, 0.2) is 11.6 Å². The Morgan fingerprint density at radius 3 is 2.50 bits per heavy atom. The normalized spacial score (nSPS) is 46.6. The monoisotopic (exact) mass is 523 g/mol. The largest absolute Gasteiger partial charge is 0.462 e. The Kier molecular flexibility index (Phi) is 7.58. The van der Waals surface area contributed by atoms with E-state index in [1.165, 1.54) is 83.7 Å². The second-order valence-electron chi connectivity index (χ2n) is 15.8. The number of hydrogen-bond donors (Lipinski definition) is 0. The summed E-state index contributed by atoms with van der Waals surface area (Å²) >= 11 is 0. The fourth-order valence-corrected chi connectivity index (χ4v) is 11.2. The first-order chi connectivity index (χ1) is 18.2. The van der Waals surface area contributed by atoms with Gasteiger partial charge in [-0.1, -0.05) is 65.5 Å². The van der Waals surface area contributed by atoms with Crippen LogP contribution in [-0.2, 0) is 9.53 Å². The average molecular weight is 524 g/mol. The molecule has 214 valence electrons. The van der Waals surface area contributed by atoms with Gasteiger partial charge >= 0.3 is 5.97 Å². The number of carbonyl (C=O) groups is 1. The third-order valence-corrected chi connectivity index (χ3v) is 13.5. The number of fused-ring (bicyclic) bond motifs is 8. The van der Waals surface area contributed by atoms with Crippen molar-refractivity contribution < 1.29 is 9.53 Å². The van der Waals surface area contributed by atoms with Gasteiger partial charge in [-0.2, -0.15) is 0 Å². The second kappa shape index (κ2) is 10.5. The fraction of sp³-hybridized carbons (Fsp3) is 0.914. The van der Waals surface area contributed by atoms with Crippen molar-refractivity contribution in [3.05, 3.63) is 11.6 Å². The van der Waals surface area contributed by atoms with Crippen LogP contribution in [0.2, 0.25) is 0 Å². The van der Waals surface area contributed by atoms with Crippen molar-refractivity contribution in [2.24, 2.45) is 58.2 Å². The highest BCUT2D eigenvalue weighted by molar-refractivity contribution is 5.73. The lowest BCUT2D eigenvalue weighted by Gasteiger charge is -2.58. The van der Waals surface area contributed by atoms with Crippen LogP contribution < -0.4 is 0 Å². The molecule has 0 radical (unpaired) electrons. The number of nitrogens with zero attached hydrogens (tertiary/aromatic N) is 1. The summed E-state index contributed by atoms with van der Waals surface area (Å²) in [6, 6.07) is 0. The van der Waals surface area contributed by atoms with Gasteiger partial charge in [0.25, 0.3) is 0 Å². The maximum atomic E-state index is 13.2. The molecule has 0 amide bonds. The van der Waals surface area contributed by atoms with Crippen LogP contribution in [0.5, 0.6) is 0 Å². The van der Waals surface area contributed by atoms with Crippen molar-refractivity contribution in [3.63, 3.8) is 0 Å². The molecule has 2 bridgehead atoms. The van der Waals surface area contributed by atoms with Crippen LogP contribution in [0.4, 0.5) is 0 Å². The first-order valence-electron chi connectivity index (χ1n) is 16.8. The van der Waals surface area contributed by atoms with Crippen LogP contribution in [0.1, 0.15) is 118 Å². The Morgan fingerprint density at radius 2 is 1.79 bits per heavy atom. The van der Waals surface area contributed by atoms with E-state index in [1.807, 2.05) is 0 Å². The molecular formula is C35H57NO2. The molecule has 0 aromatic rings. The molecule has 0 spiro atoms. The van der Waals surface area contributed by atoms with Gasteiger partial charge < -0.3 is 9.64 Å². The highest BCUT2D eigenvalue weighted by atomic mass is 16.5. The summed E-state index contributed by atoms with van der Waals surface area (Å²) in [6.07, 6.45) is 19.8. The Morgan fingerprint density at radius 1 is 1.00 bits per heavy atom. The van der Waals surface area contributed by atoms with Gasteiger partial charge in [0.2, 0.25) is 0 Å². The number of esters is 1. The molecule has 3 heterocycles. The smallest absolute Gasteiger partial charge is 0.310 e. The van der Waals surface area contributed by atoms with Gasteiger partial charge in [-0.25, -0.2) is 0 Å². The number of ether oxygens (including phenoxy) is 1. The van der Waals surface area contributed by atoms with E-state index in [0.717, 1.165) is 54.9 Å². The first-order valence-corrected chi connectivity index (χ1v) is 16.8. The lowest BCUT2D eigenvalue weighted by molar-refractivity contribution is -0.163. The quantitative estimate of drug-likeness (QED) is 0.248. The van der Waals surface area contributed by atoms with E-state index in [-0.39, 0.29) is 18.0 Å². The van der Waals surface area contributed by atoms with Gasteiger partial charge in [-0.05, 0) is 123 Å². The zero-order chi connectivity index (χ0) is 26.7. The van der Waals surface area contributed by atoms with Gasteiger partial charge in [0.05, 0.1) is 5.92 Å². The van der Waals surface area contributed by atoms with E-state index in [1.54, 1.807) is 5.57 Å². The molecule has 38 heavy (non-hydrogen) atoms. The molecule has 6 fully saturated rings. The van der Waals surface area contributed by atoms with E-state index in [9.17, 15) is 4.79 Å². The van der Waals surface area contributed by atoms with Gasteiger partial charge in [-0.3, -0.25) is 4.79 Å². The standard InChI is InChI=1S/C35H57NO2/c1-23(2)7-6-8-24(3)30-11-12-31-28-10-9-26-21-27(13-17-34(26,4)32(28)14-18-35(30,31)5)38-33(37)29-22-36-19-15-25(29)16-20-36/h9,23-25,27-32H,6-8,10-22H2,1-5H3/t24-,27+,28+,29?,30-,31+,32?,34+,35-/m1/s1. The van der Waals surface area contributed by atoms with E-state index < -0.39 is 0 Å². The number of rotatable bonds is 7. The van der Waals surface area contributed by atoms with Crippen LogP contribution in [0.3, 0.4) is 0 Å². The predicted octanol–water partition coefficient (Wildman–Crippen LogP) is 8.28. The fourth-order valence-electron chi connectivity index (χ4n) is 11.2. The minimum absolute atomic E-state index is 0.116. The van der Waals surface area contributed by atoms with Crippen LogP contribution in [0, 0.1) is 58.2 Å². The maximum absolute atomic E-state index is 13.2. The summed E-state index contributed by atoms with van der Waals surface area (Å²) in [4.78, 5) is 15.7. The summed E-state index contributed by atoms with van der Waals surface area (Å²) in [5.74, 6) is 6.11. The SMILES string of the molecule is CC(C)CCC[C@@H](C)[C@H]1CC[C@H]2[C@@H]3CC=C4C[C@@H](OC(=O)C5CN6CCC5CC6)CC[C@]4(C)C3CC[C@]12C.